The van der Waals surface area contributed by atoms with Crippen molar-refractivity contribution in [1.82, 2.24) is 46.2 Å². The van der Waals surface area contributed by atoms with Crippen molar-refractivity contribution in [1.29, 1.82) is 0 Å². The molecule has 1 fully saturated rings. The second-order valence-corrected chi connectivity index (χ2v) is 25.5. The van der Waals surface area contributed by atoms with Crippen LogP contribution in [0.2, 0.25) is 0 Å². The number of urea groups is 1. The van der Waals surface area contributed by atoms with E-state index in [4.69, 9.17) is 10.5 Å². The van der Waals surface area contributed by atoms with Crippen molar-refractivity contribution in [2.45, 2.75) is 181 Å². The molecule has 2 aliphatic rings. The highest BCUT2D eigenvalue weighted by Crippen LogP contribution is 2.31. The van der Waals surface area contributed by atoms with Gasteiger partial charge < -0.3 is 62.3 Å². The van der Waals surface area contributed by atoms with Crippen LogP contribution in [-0.4, -0.2) is 187 Å². The maximum atomic E-state index is 14.6. The number of methoxy groups -OCH3 is 1. The molecule has 1 unspecified atom stereocenters. The largest absolute Gasteiger partial charge is 0.379 e. The van der Waals surface area contributed by atoms with Gasteiger partial charge in [0.05, 0.1) is 24.6 Å². The van der Waals surface area contributed by atoms with Gasteiger partial charge >= 0.3 is 6.03 Å². The van der Waals surface area contributed by atoms with Gasteiger partial charge in [0.25, 0.3) is 11.8 Å². The molecular formula is C67H102N12O13. The zero-order chi connectivity index (χ0) is 68.5. The molecule has 0 bridgehead atoms. The van der Waals surface area contributed by atoms with Gasteiger partial charge in [-0.3, -0.25) is 57.7 Å². The Balaban J connectivity index is 1.45. The normalized spacial score (nSPS) is 17.2. The number of nitrogens with one attached hydrogen (secondary N) is 7. The smallest absolute Gasteiger partial charge is 0.312 e. The summed E-state index contributed by atoms with van der Waals surface area (Å²) in [6, 6.07) is 8.53. The number of benzene rings is 2. The summed E-state index contributed by atoms with van der Waals surface area (Å²) in [5, 5.41) is 19.5. The van der Waals surface area contributed by atoms with E-state index in [-0.39, 0.29) is 98.4 Å². The maximum absolute atomic E-state index is 14.6. The first-order valence-corrected chi connectivity index (χ1v) is 32.3. The average Bonchev–Trinajstić information content (AvgIpc) is 1.50. The summed E-state index contributed by atoms with van der Waals surface area (Å²) in [7, 11) is 6.81. The van der Waals surface area contributed by atoms with Crippen LogP contribution in [0.15, 0.2) is 66.7 Å². The SMILES string of the molecule is CC[C@H](C)[C@@H]([C@@H](CC(=O)N1CCC[C@H]1[C@H](C=O)[C@@H](C)C(=O)N[C@@H](Cc1ccccc1)C(=O)Nc1ccc(NC(=O)[C@H](CCCNC(N)=O)NC(=O)[C@@H](NC(=O)CCCCCN2C(=O)C=CC2=O)C(C)C)cc1)OC)N(C)C(=O)[C@@H](NC(=O)C(C(C)C)N(C)C)C(C)C. The van der Waals surface area contributed by atoms with E-state index in [1.807, 2.05) is 78.7 Å². The third kappa shape index (κ3) is 22.7. The third-order valence-corrected chi connectivity index (χ3v) is 17.4. The summed E-state index contributed by atoms with van der Waals surface area (Å²) in [4.78, 5) is 167. The lowest BCUT2D eigenvalue weighted by atomic mass is 9.85. The molecule has 0 radical (unpaired) electrons. The quantitative estimate of drug-likeness (QED) is 0.0264. The number of anilines is 2. The number of carbonyl (C=O) groups is 12. The molecule has 4 rings (SSSR count). The van der Waals surface area contributed by atoms with E-state index in [1.54, 1.807) is 49.8 Å². The van der Waals surface area contributed by atoms with E-state index in [0.717, 1.165) is 10.5 Å². The molecule has 12 amide bonds. The number of unbranched alkanes of at least 4 members (excludes halogenated alkanes) is 2. The summed E-state index contributed by atoms with van der Waals surface area (Å²) in [6.45, 7) is 17.3. The van der Waals surface area contributed by atoms with Gasteiger partial charge in [-0.05, 0) is 106 Å². The molecule has 0 aromatic heterocycles. The van der Waals surface area contributed by atoms with Gasteiger partial charge in [-0.15, -0.1) is 0 Å². The Labute approximate surface area is 542 Å². The second-order valence-electron chi connectivity index (χ2n) is 25.5. The summed E-state index contributed by atoms with van der Waals surface area (Å²) >= 11 is 0. The lowest BCUT2D eigenvalue weighted by molar-refractivity contribution is -0.147. The van der Waals surface area contributed by atoms with Crippen LogP contribution >= 0.6 is 0 Å². The summed E-state index contributed by atoms with van der Waals surface area (Å²) < 4.78 is 6.06. The van der Waals surface area contributed by atoms with Crippen LogP contribution in [0.3, 0.4) is 0 Å². The average molecular weight is 1280 g/mol. The van der Waals surface area contributed by atoms with Crippen molar-refractivity contribution in [2.24, 2.45) is 41.2 Å². The fourth-order valence-electron chi connectivity index (χ4n) is 12.0. The molecule has 508 valence electrons. The molecule has 2 aliphatic heterocycles. The Morgan fingerprint density at radius 1 is 0.696 bits per heavy atom. The molecule has 1 saturated heterocycles. The number of primary amides is 1. The van der Waals surface area contributed by atoms with Crippen LogP contribution < -0.4 is 43.0 Å². The number of hydrogen-bond acceptors (Lipinski definition) is 14. The summed E-state index contributed by atoms with van der Waals surface area (Å²) in [5.41, 5.74) is 6.58. The predicted molar refractivity (Wildman–Crippen MR) is 350 cm³/mol. The molecule has 0 saturated carbocycles. The van der Waals surface area contributed by atoms with Crippen LogP contribution in [0, 0.1) is 35.5 Å². The highest BCUT2D eigenvalue weighted by Gasteiger charge is 2.44. The molecule has 0 spiro atoms. The van der Waals surface area contributed by atoms with E-state index in [9.17, 15) is 57.5 Å². The lowest BCUT2D eigenvalue weighted by Crippen LogP contribution is -2.59. The number of carbonyl (C=O) groups excluding carboxylic acids is 12. The molecule has 92 heavy (non-hydrogen) atoms. The number of ether oxygens (including phenoxy) is 1. The number of imide groups is 1. The van der Waals surface area contributed by atoms with Gasteiger partial charge in [0.2, 0.25) is 47.3 Å². The van der Waals surface area contributed by atoms with Crippen molar-refractivity contribution >= 4 is 82.8 Å². The summed E-state index contributed by atoms with van der Waals surface area (Å²) in [6.07, 6.45) is 5.78. The first kappa shape index (κ1) is 76.4. The number of amides is 12. The number of likely N-dealkylation sites (tertiary alicyclic amines) is 1. The lowest BCUT2D eigenvalue weighted by Gasteiger charge is -2.41. The van der Waals surface area contributed by atoms with E-state index in [0.29, 0.717) is 62.7 Å². The van der Waals surface area contributed by atoms with Gasteiger partial charge in [0.1, 0.15) is 30.5 Å². The zero-order valence-electron chi connectivity index (χ0n) is 56.1. The summed E-state index contributed by atoms with van der Waals surface area (Å²) in [5.74, 6) is -7.23. The first-order valence-electron chi connectivity index (χ1n) is 32.3. The highest BCUT2D eigenvalue weighted by atomic mass is 16.5. The number of rotatable bonds is 38. The molecule has 11 atom stereocenters. The first-order chi connectivity index (χ1) is 43.5. The molecule has 25 heteroatoms. The Morgan fingerprint density at radius 2 is 1.28 bits per heavy atom. The fourth-order valence-corrected chi connectivity index (χ4v) is 12.0. The standard InChI is InChI=1S/C67H102N12O13/c1-14-43(8)60(77(12)66(90)58(41(4)5)75-65(89)59(42(6)7)76(10)11)52(92-13)38-56(84)78-36-22-26-51(78)48(39-80)44(9)61(85)73-50(37-45-23-17-15-18-24-45)63(87)71-47-30-28-46(29-31-47)70-62(86)49(25-21-34-69-67(68)91)72-64(88)57(40(2)3)74-53(81)27-19-16-20-35-79-54(82)32-33-55(79)83/h15,17-18,23-24,28-33,39-44,48-52,57-60H,14,16,19-22,25-27,34-38H2,1-13H3,(H,70,86)(H,71,87)(H,72,88)(H,73,85)(H,74,81)(H,75,89)(H3,68,69,91)/t43-,44+,48+,49-,50-,51-,52+,57-,58-,59?,60-/m0/s1. The van der Waals surface area contributed by atoms with Gasteiger partial charge in [-0.25, -0.2) is 4.79 Å². The molecule has 2 aromatic carbocycles. The van der Waals surface area contributed by atoms with Crippen molar-refractivity contribution in [3.05, 3.63) is 72.3 Å². The van der Waals surface area contributed by atoms with Crippen molar-refractivity contribution in [3.8, 4) is 0 Å². The van der Waals surface area contributed by atoms with Crippen LogP contribution in [0.4, 0.5) is 16.2 Å². The Hall–Kier alpha value is -8.06. The van der Waals surface area contributed by atoms with Crippen LogP contribution in [0.5, 0.6) is 0 Å². The van der Waals surface area contributed by atoms with E-state index >= 15 is 0 Å². The molecular weight excluding hydrogens is 1180 g/mol. The monoisotopic (exact) mass is 1280 g/mol. The Kier molecular flexibility index (Phi) is 31.1. The van der Waals surface area contributed by atoms with Gasteiger partial charge in [0, 0.05) is 88.0 Å². The van der Waals surface area contributed by atoms with Gasteiger partial charge in [-0.1, -0.05) is 105 Å². The predicted octanol–water partition coefficient (Wildman–Crippen LogP) is 4.30. The molecule has 2 heterocycles. The minimum Gasteiger partial charge on any atom is -0.379 e. The second kappa shape index (κ2) is 37.5. The Morgan fingerprint density at radius 3 is 1.82 bits per heavy atom. The van der Waals surface area contributed by atoms with E-state index < -0.39 is 95.8 Å². The van der Waals surface area contributed by atoms with Crippen molar-refractivity contribution in [2.75, 3.05) is 58.5 Å². The van der Waals surface area contributed by atoms with Crippen molar-refractivity contribution < 1.29 is 62.3 Å². The zero-order valence-corrected chi connectivity index (χ0v) is 56.1. The Bertz CT molecular complexity index is 2840. The number of hydrogen-bond donors (Lipinski definition) is 8. The molecule has 9 N–H and O–H groups in total. The van der Waals surface area contributed by atoms with E-state index in [1.165, 1.54) is 43.5 Å². The number of nitrogens with zero attached hydrogens (tertiary/aromatic N) is 4. The van der Waals surface area contributed by atoms with Crippen LogP contribution in [0.1, 0.15) is 132 Å². The molecule has 0 aliphatic carbocycles. The maximum Gasteiger partial charge on any atom is 0.312 e. The third-order valence-electron chi connectivity index (χ3n) is 17.4. The number of likely N-dealkylation sites (N-methyl/N-ethyl adjacent to an activating group) is 2. The molecule has 25 nitrogen and oxygen atoms in total. The van der Waals surface area contributed by atoms with Crippen molar-refractivity contribution in [3.63, 3.8) is 0 Å². The molecule has 2 aromatic rings. The topological polar surface area (TPSA) is 337 Å². The highest BCUT2D eigenvalue weighted by molar-refractivity contribution is 6.12. The minimum atomic E-state index is -1.15. The number of nitrogens with two attached hydrogens (primary N) is 1. The van der Waals surface area contributed by atoms with Crippen LogP contribution in [-0.2, 0) is 63.9 Å². The van der Waals surface area contributed by atoms with E-state index in [2.05, 4.69) is 37.2 Å². The number of aldehydes is 1. The van der Waals surface area contributed by atoms with Crippen LogP contribution in [0.25, 0.3) is 0 Å². The fraction of sp³-hybridized carbons (Fsp3) is 0.612. The van der Waals surface area contributed by atoms with Gasteiger partial charge in [0.15, 0.2) is 0 Å². The minimum absolute atomic E-state index is 0.0210. The van der Waals surface area contributed by atoms with Gasteiger partial charge in [-0.2, -0.15) is 0 Å².